The Morgan fingerprint density at radius 1 is 1.06 bits per heavy atom. The zero-order valence-electron chi connectivity index (χ0n) is 16.6. The lowest BCUT2D eigenvalue weighted by atomic mass is 10.1. The van der Waals surface area contributed by atoms with Gasteiger partial charge in [-0.3, -0.25) is 10.1 Å². The van der Waals surface area contributed by atoms with Gasteiger partial charge in [0.1, 0.15) is 24.6 Å². The second kappa shape index (κ2) is 11.5. The summed E-state index contributed by atoms with van der Waals surface area (Å²) in [5.74, 6) is -0.220. The summed E-state index contributed by atoms with van der Waals surface area (Å²) in [7, 11) is 0. The number of hydrazine groups is 1. The molecule has 0 saturated carbocycles. The van der Waals surface area contributed by atoms with Gasteiger partial charge in [-0.2, -0.15) is 0 Å². The topological polar surface area (TPSA) is 192 Å². The molecule has 0 radical (unpaired) electrons. The minimum atomic E-state index is -0.795. The van der Waals surface area contributed by atoms with Gasteiger partial charge in [0.2, 0.25) is 5.69 Å². The zero-order valence-corrected chi connectivity index (χ0v) is 16.6. The third-order valence-electron chi connectivity index (χ3n) is 3.93. The first-order chi connectivity index (χ1) is 15.0. The second-order valence-corrected chi connectivity index (χ2v) is 6.01. The van der Waals surface area contributed by atoms with Crippen molar-refractivity contribution < 1.29 is 24.5 Å². The largest absolute Gasteiger partial charge is 0.490 e. The first kappa shape index (κ1) is 23.6. The zero-order chi connectivity index (χ0) is 22.8. The summed E-state index contributed by atoms with van der Waals surface area (Å²) in [5.41, 5.74) is 10.2. The van der Waals surface area contributed by atoms with Crippen LogP contribution >= 0.6 is 0 Å². The first-order valence-electron chi connectivity index (χ1n) is 9.31. The van der Waals surface area contributed by atoms with Crippen molar-refractivity contribution in [1.82, 2.24) is 0 Å². The third-order valence-corrected chi connectivity index (χ3v) is 3.93. The molecule has 13 nitrogen and oxygen atoms in total. The molecular formula is C18H24N6O7. The number of nitrogens with zero attached hydrogens (tertiary/aromatic N) is 3. The van der Waals surface area contributed by atoms with Crippen molar-refractivity contribution >= 4 is 22.7 Å². The maximum atomic E-state index is 12.0. The number of aliphatic hydroxyl groups excluding tert-OH is 1. The van der Waals surface area contributed by atoms with Crippen molar-refractivity contribution in [3.8, 4) is 11.5 Å². The van der Waals surface area contributed by atoms with Crippen LogP contribution in [0.2, 0.25) is 0 Å². The predicted molar refractivity (Wildman–Crippen MR) is 113 cm³/mol. The highest BCUT2D eigenvalue weighted by Gasteiger charge is 2.37. The van der Waals surface area contributed by atoms with E-state index in [4.69, 9.17) is 20.9 Å². The summed E-state index contributed by atoms with van der Waals surface area (Å²) in [5, 5.41) is 35.8. The molecule has 2 aromatic carbocycles. The van der Waals surface area contributed by atoms with Gasteiger partial charge in [-0.1, -0.05) is 23.2 Å². The first-order valence-corrected chi connectivity index (χ1v) is 9.31. The van der Waals surface area contributed by atoms with E-state index < -0.39 is 27.9 Å². The number of hydrogen-bond donors (Lipinski definition) is 4. The van der Waals surface area contributed by atoms with Gasteiger partial charge < -0.3 is 31.4 Å². The molecule has 0 saturated heterocycles. The molecule has 0 atom stereocenters. The number of nitrogens with one attached hydrogen (secondary N) is 1. The van der Waals surface area contributed by atoms with Gasteiger partial charge in [-0.15, -0.1) is 0 Å². The summed E-state index contributed by atoms with van der Waals surface area (Å²) >= 11 is 0. The van der Waals surface area contributed by atoms with Crippen molar-refractivity contribution in [3.05, 3.63) is 56.6 Å². The monoisotopic (exact) mass is 436 g/mol. The number of nitrogens with two attached hydrogens (primary N) is 2. The van der Waals surface area contributed by atoms with Gasteiger partial charge in [0, 0.05) is 19.6 Å². The molecule has 168 valence electrons. The summed E-state index contributed by atoms with van der Waals surface area (Å²) < 4.78 is 11.1. The number of para-hydroxylation sites is 1. The molecule has 31 heavy (non-hydrogen) atoms. The van der Waals surface area contributed by atoms with Crippen LogP contribution in [-0.4, -0.2) is 54.5 Å². The number of anilines is 3. The number of nitro benzene ring substituents is 1. The fourth-order valence-electron chi connectivity index (χ4n) is 2.76. The minimum absolute atomic E-state index is 0.0126. The van der Waals surface area contributed by atoms with E-state index in [1.165, 1.54) is 12.1 Å². The molecule has 0 fully saturated rings. The highest BCUT2D eigenvalue weighted by molar-refractivity contribution is 5.87. The van der Waals surface area contributed by atoms with E-state index >= 15 is 0 Å². The van der Waals surface area contributed by atoms with Crippen molar-refractivity contribution in [3.63, 3.8) is 0 Å². The maximum Gasteiger partial charge on any atom is 0.306 e. The molecule has 0 bridgehead atoms. The van der Waals surface area contributed by atoms with Crippen LogP contribution in [0.3, 0.4) is 0 Å². The number of hydrogen-bond acceptors (Lipinski definition) is 10. The highest BCUT2D eigenvalue weighted by atomic mass is 16.7. The Morgan fingerprint density at radius 2 is 1.77 bits per heavy atom. The molecule has 0 spiro atoms. The molecule has 0 aliphatic rings. The van der Waals surface area contributed by atoms with E-state index in [1.807, 2.05) is 0 Å². The van der Waals surface area contributed by atoms with Gasteiger partial charge in [0.05, 0.1) is 17.6 Å². The number of rotatable bonds is 13. The molecule has 0 heterocycles. The van der Waals surface area contributed by atoms with Crippen LogP contribution in [0.5, 0.6) is 11.5 Å². The number of nitro groups is 2. The predicted octanol–water partition coefficient (Wildman–Crippen LogP) is 1.00. The molecule has 0 amide bonds. The third kappa shape index (κ3) is 5.69. The van der Waals surface area contributed by atoms with E-state index in [-0.39, 0.29) is 55.7 Å². The van der Waals surface area contributed by atoms with E-state index in [1.54, 1.807) is 18.2 Å². The maximum absolute atomic E-state index is 12.0. The average molecular weight is 436 g/mol. The Balaban J connectivity index is 2.86. The van der Waals surface area contributed by atoms with Crippen LogP contribution < -0.4 is 31.3 Å². The lowest BCUT2D eigenvalue weighted by Gasteiger charge is -2.22. The molecule has 2 aromatic rings. The van der Waals surface area contributed by atoms with Crippen molar-refractivity contribution in [2.24, 2.45) is 11.5 Å². The Morgan fingerprint density at radius 3 is 2.32 bits per heavy atom. The van der Waals surface area contributed by atoms with Crippen LogP contribution in [0.15, 0.2) is 36.4 Å². The lowest BCUT2D eigenvalue weighted by Crippen LogP contribution is -2.27. The lowest BCUT2D eigenvalue weighted by molar-refractivity contribution is -0.484. The van der Waals surface area contributed by atoms with E-state index in [0.717, 1.165) is 6.07 Å². The summed E-state index contributed by atoms with van der Waals surface area (Å²) in [6, 6.07) is 8.67. The molecule has 0 aromatic heterocycles. The summed E-state index contributed by atoms with van der Waals surface area (Å²) in [4.78, 5) is 23.1. The van der Waals surface area contributed by atoms with Gasteiger partial charge in [0.15, 0.2) is 16.5 Å². The van der Waals surface area contributed by atoms with E-state index in [9.17, 15) is 25.3 Å². The Kier molecular flexibility index (Phi) is 8.75. The quantitative estimate of drug-likeness (QED) is 0.258. The summed E-state index contributed by atoms with van der Waals surface area (Å²) in [6.07, 6.45) is 0. The van der Waals surface area contributed by atoms with Gasteiger partial charge in [-0.05, 0) is 12.1 Å². The molecule has 13 heteroatoms. The minimum Gasteiger partial charge on any atom is -0.490 e. The van der Waals surface area contributed by atoms with Crippen LogP contribution in [0.1, 0.15) is 0 Å². The number of aliphatic hydroxyl groups is 1. The van der Waals surface area contributed by atoms with Crippen LogP contribution in [0.25, 0.3) is 0 Å². The molecular weight excluding hydrogens is 412 g/mol. The SMILES string of the molecule is NCCNc1c(OCCN)cc([N+](=O)[O-])c(N(c2ccccc2)[N+](=O)[O-])c1OCCO. The van der Waals surface area contributed by atoms with Gasteiger partial charge in [-0.25, -0.2) is 10.1 Å². The van der Waals surface area contributed by atoms with Gasteiger partial charge >= 0.3 is 5.69 Å². The van der Waals surface area contributed by atoms with E-state index in [2.05, 4.69) is 5.32 Å². The smallest absolute Gasteiger partial charge is 0.306 e. The average Bonchev–Trinajstić information content (AvgIpc) is 2.76. The van der Waals surface area contributed by atoms with Crippen molar-refractivity contribution in [2.75, 3.05) is 49.8 Å². The fraction of sp³-hybridized carbons (Fsp3) is 0.333. The Bertz CT molecular complexity index is 897. The standard InChI is InChI=1S/C18H24N6O7/c19-6-8-21-16-15(30-10-7-20)12-14(23(26)27)17(18(16)31-11-9-25)22(24(28)29)13-4-2-1-3-5-13/h1-5,12,21,25H,6-11,19-20H2. The van der Waals surface area contributed by atoms with E-state index in [0.29, 0.717) is 5.01 Å². The molecule has 0 aliphatic carbocycles. The van der Waals surface area contributed by atoms with Crippen LogP contribution in [0, 0.1) is 20.2 Å². The Labute approximate surface area is 177 Å². The summed E-state index contributed by atoms with van der Waals surface area (Å²) in [6.45, 7) is -0.132. The Hall–Kier alpha value is -3.68. The second-order valence-electron chi connectivity index (χ2n) is 6.01. The van der Waals surface area contributed by atoms with Crippen molar-refractivity contribution in [1.29, 1.82) is 0 Å². The highest BCUT2D eigenvalue weighted by Crippen LogP contribution is 2.50. The molecule has 0 aliphatic heterocycles. The molecule has 0 unspecified atom stereocenters. The number of benzene rings is 2. The molecule has 2 rings (SSSR count). The normalized spacial score (nSPS) is 10.4. The number of ether oxygens (including phenoxy) is 2. The van der Waals surface area contributed by atoms with Crippen LogP contribution in [-0.2, 0) is 0 Å². The van der Waals surface area contributed by atoms with Gasteiger partial charge in [0.25, 0.3) is 0 Å². The van der Waals surface area contributed by atoms with Crippen molar-refractivity contribution in [2.45, 2.75) is 0 Å². The van der Waals surface area contributed by atoms with Crippen LogP contribution in [0.4, 0.5) is 22.7 Å². The molecule has 6 N–H and O–H groups in total. The fourth-order valence-corrected chi connectivity index (χ4v) is 2.76.